The fourth-order valence-corrected chi connectivity index (χ4v) is 1.81. The Kier molecular flexibility index (Phi) is 3.94. The molecule has 18 heavy (non-hydrogen) atoms. The Hall–Kier alpha value is -1.88. The maximum Gasteiger partial charge on any atom is 0.165 e. The topological polar surface area (TPSA) is 39.1 Å². The predicted molar refractivity (Wildman–Crippen MR) is 67.0 cm³/mol. The first-order chi connectivity index (χ1) is 8.74. The van der Waals surface area contributed by atoms with E-state index in [2.05, 4.69) is 10.4 Å². The largest absolute Gasteiger partial charge is 0.494 e. The molecule has 0 aliphatic rings. The molecule has 0 fully saturated rings. The van der Waals surface area contributed by atoms with Gasteiger partial charge in [-0.3, -0.25) is 4.68 Å². The zero-order chi connectivity index (χ0) is 13.0. The lowest BCUT2D eigenvalue weighted by atomic mass is 10.2. The monoisotopic (exact) mass is 249 g/mol. The van der Waals surface area contributed by atoms with E-state index in [0.29, 0.717) is 6.54 Å². The highest BCUT2D eigenvalue weighted by molar-refractivity contribution is 5.29. The van der Waals surface area contributed by atoms with Crippen LogP contribution in [0.15, 0.2) is 30.5 Å². The Morgan fingerprint density at radius 3 is 2.89 bits per heavy atom. The molecule has 2 rings (SSSR count). The van der Waals surface area contributed by atoms with E-state index >= 15 is 0 Å². The van der Waals surface area contributed by atoms with Crippen LogP contribution in [0.25, 0.3) is 0 Å². The first-order valence-electron chi connectivity index (χ1n) is 5.72. The van der Waals surface area contributed by atoms with E-state index in [1.54, 1.807) is 12.3 Å². The van der Waals surface area contributed by atoms with Crippen molar-refractivity contribution in [3.05, 3.63) is 47.5 Å². The summed E-state index contributed by atoms with van der Waals surface area (Å²) in [5, 5.41) is 7.30. The van der Waals surface area contributed by atoms with Gasteiger partial charge in [-0.05, 0) is 30.8 Å². The van der Waals surface area contributed by atoms with Crippen LogP contribution in [0, 0.1) is 5.82 Å². The second-order valence-electron chi connectivity index (χ2n) is 3.98. The van der Waals surface area contributed by atoms with Crippen molar-refractivity contribution < 1.29 is 9.13 Å². The second-order valence-corrected chi connectivity index (χ2v) is 3.98. The first kappa shape index (κ1) is 12.6. The highest BCUT2D eigenvalue weighted by Crippen LogP contribution is 2.18. The van der Waals surface area contributed by atoms with Gasteiger partial charge >= 0.3 is 0 Å². The van der Waals surface area contributed by atoms with Crippen LogP contribution >= 0.6 is 0 Å². The van der Waals surface area contributed by atoms with Gasteiger partial charge in [0, 0.05) is 12.7 Å². The Labute approximate surface area is 105 Å². The molecule has 0 saturated carbocycles. The van der Waals surface area contributed by atoms with Crippen LogP contribution in [-0.4, -0.2) is 23.9 Å². The standard InChI is InChI=1S/C13H16FN3O/c1-15-8-11-5-6-16-17(11)9-10-3-4-13(18-2)12(14)7-10/h3-7,15H,8-9H2,1-2H3. The van der Waals surface area contributed by atoms with Crippen molar-refractivity contribution in [3.63, 3.8) is 0 Å². The normalized spacial score (nSPS) is 10.6. The van der Waals surface area contributed by atoms with E-state index < -0.39 is 0 Å². The van der Waals surface area contributed by atoms with Crippen molar-refractivity contribution in [3.8, 4) is 5.75 Å². The van der Waals surface area contributed by atoms with Gasteiger partial charge in [0.1, 0.15) is 0 Å². The molecule has 0 atom stereocenters. The van der Waals surface area contributed by atoms with Gasteiger partial charge in [-0.1, -0.05) is 6.07 Å². The highest BCUT2D eigenvalue weighted by Gasteiger charge is 2.06. The van der Waals surface area contributed by atoms with E-state index in [0.717, 1.165) is 17.8 Å². The Morgan fingerprint density at radius 2 is 2.22 bits per heavy atom. The van der Waals surface area contributed by atoms with E-state index in [1.807, 2.05) is 23.9 Å². The molecule has 1 aromatic carbocycles. The number of hydrogen-bond acceptors (Lipinski definition) is 3. The van der Waals surface area contributed by atoms with Crippen LogP contribution in [0.2, 0.25) is 0 Å². The zero-order valence-electron chi connectivity index (χ0n) is 10.5. The third kappa shape index (κ3) is 2.68. The molecule has 1 aromatic heterocycles. The van der Waals surface area contributed by atoms with E-state index in [4.69, 9.17) is 4.74 Å². The lowest BCUT2D eigenvalue weighted by molar-refractivity contribution is 0.386. The van der Waals surface area contributed by atoms with E-state index in [1.165, 1.54) is 13.2 Å². The van der Waals surface area contributed by atoms with Crippen molar-refractivity contribution in [2.75, 3.05) is 14.2 Å². The third-order valence-corrected chi connectivity index (χ3v) is 2.71. The van der Waals surface area contributed by atoms with Gasteiger partial charge in [-0.2, -0.15) is 5.10 Å². The molecule has 2 aromatic rings. The summed E-state index contributed by atoms with van der Waals surface area (Å²) in [7, 11) is 3.33. The molecule has 4 nitrogen and oxygen atoms in total. The van der Waals surface area contributed by atoms with Gasteiger partial charge in [0.05, 0.1) is 19.3 Å². The van der Waals surface area contributed by atoms with Gasteiger partial charge in [0.15, 0.2) is 11.6 Å². The summed E-state index contributed by atoms with van der Waals surface area (Å²) in [5.41, 5.74) is 1.92. The summed E-state index contributed by atoms with van der Waals surface area (Å²) in [6.45, 7) is 1.28. The lowest BCUT2D eigenvalue weighted by Gasteiger charge is -2.08. The Morgan fingerprint density at radius 1 is 1.39 bits per heavy atom. The summed E-state index contributed by atoms with van der Waals surface area (Å²) in [6.07, 6.45) is 1.74. The predicted octanol–water partition coefficient (Wildman–Crippen LogP) is 1.80. The van der Waals surface area contributed by atoms with Crippen LogP contribution < -0.4 is 10.1 Å². The number of halogens is 1. The average molecular weight is 249 g/mol. The summed E-state index contributed by atoms with van der Waals surface area (Å²) in [5.74, 6) is -0.0908. The van der Waals surface area contributed by atoms with Crippen molar-refractivity contribution >= 4 is 0 Å². The van der Waals surface area contributed by atoms with Crippen molar-refractivity contribution in [1.29, 1.82) is 0 Å². The first-order valence-corrected chi connectivity index (χ1v) is 5.72. The molecule has 0 spiro atoms. The molecule has 0 bridgehead atoms. The number of hydrogen-bond donors (Lipinski definition) is 1. The van der Waals surface area contributed by atoms with Crippen LogP contribution in [0.3, 0.4) is 0 Å². The van der Waals surface area contributed by atoms with Gasteiger partial charge in [0.25, 0.3) is 0 Å². The fraction of sp³-hybridized carbons (Fsp3) is 0.308. The minimum Gasteiger partial charge on any atom is -0.494 e. The number of methoxy groups -OCH3 is 1. The summed E-state index contributed by atoms with van der Waals surface area (Å²) in [6, 6.07) is 6.89. The molecule has 0 radical (unpaired) electrons. The molecule has 96 valence electrons. The van der Waals surface area contributed by atoms with Crippen molar-refractivity contribution in [2.45, 2.75) is 13.1 Å². The molecule has 0 unspecified atom stereocenters. The van der Waals surface area contributed by atoms with Crippen LogP contribution in [0.4, 0.5) is 4.39 Å². The highest BCUT2D eigenvalue weighted by atomic mass is 19.1. The van der Waals surface area contributed by atoms with Gasteiger partial charge in [-0.15, -0.1) is 0 Å². The number of nitrogens with one attached hydrogen (secondary N) is 1. The molecule has 0 saturated heterocycles. The quantitative estimate of drug-likeness (QED) is 0.878. The summed E-state index contributed by atoms with van der Waals surface area (Å²) < 4.78 is 20.3. The Balaban J connectivity index is 2.18. The van der Waals surface area contributed by atoms with E-state index in [9.17, 15) is 4.39 Å². The van der Waals surface area contributed by atoms with Crippen LogP contribution in [-0.2, 0) is 13.1 Å². The van der Waals surface area contributed by atoms with Gasteiger partial charge < -0.3 is 10.1 Å². The van der Waals surface area contributed by atoms with Crippen molar-refractivity contribution in [1.82, 2.24) is 15.1 Å². The maximum atomic E-state index is 13.6. The average Bonchev–Trinajstić information content (AvgIpc) is 2.78. The van der Waals surface area contributed by atoms with Crippen LogP contribution in [0.1, 0.15) is 11.3 Å². The third-order valence-electron chi connectivity index (χ3n) is 2.71. The molecule has 0 aliphatic carbocycles. The minimum absolute atomic E-state index is 0.259. The number of ether oxygens (including phenoxy) is 1. The number of rotatable bonds is 5. The van der Waals surface area contributed by atoms with Gasteiger partial charge in [0.2, 0.25) is 0 Å². The number of aromatic nitrogens is 2. The summed E-state index contributed by atoms with van der Waals surface area (Å²) >= 11 is 0. The lowest BCUT2D eigenvalue weighted by Crippen LogP contribution is -2.13. The molecule has 0 aliphatic heterocycles. The SMILES string of the molecule is CNCc1ccnn1Cc1ccc(OC)c(F)c1. The number of nitrogens with zero attached hydrogens (tertiary/aromatic N) is 2. The molecular weight excluding hydrogens is 233 g/mol. The molecule has 0 amide bonds. The molecule has 5 heteroatoms. The minimum atomic E-state index is -0.350. The second kappa shape index (κ2) is 5.64. The molecule has 1 N–H and O–H groups in total. The smallest absolute Gasteiger partial charge is 0.165 e. The van der Waals surface area contributed by atoms with Gasteiger partial charge in [-0.25, -0.2) is 4.39 Å². The zero-order valence-corrected chi connectivity index (χ0v) is 10.5. The fourth-order valence-electron chi connectivity index (χ4n) is 1.81. The maximum absolute atomic E-state index is 13.6. The van der Waals surface area contributed by atoms with E-state index in [-0.39, 0.29) is 11.6 Å². The van der Waals surface area contributed by atoms with Crippen molar-refractivity contribution in [2.24, 2.45) is 0 Å². The number of benzene rings is 1. The molecular formula is C13H16FN3O. The molecule has 1 heterocycles. The summed E-state index contributed by atoms with van der Waals surface area (Å²) in [4.78, 5) is 0. The van der Waals surface area contributed by atoms with Crippen LogP contribution in [0.5, 0.6) is 5.75 Å². The Bertz CT molecular complexity index is 525.